The lowest BCUT2D eigenvalue weighted by atomic mass is 10.0. The first-order valence-electron chi connectivity index (χ1n) is 29.1. The van der Waals surface area contributed by atoms with E-state index in [0.717, 1.165) is 112 Å². The van der Waals surface area contributed by atoms with E-state index >= 15 is 0 Å². The van der Waals surface area contributed by atoms with Gasteiger partial charge in [0.2, 0.25) is 0 Å². The number of halogens is 3. The molecular formula is C60H75F3N12O9. The lowest BCUT2D eigenvalue weighted by Crippen LogP contribution is -2.39. The number of pyridine rings is 3. The van der Waals surface area contributed by atoms with Crippen LogP contribution >= 0.6 is 0 Å². The van der Waals surface area contributed by atoms with Gasteiger partial charge in [-0.2, -0.15) is 0 Å². The van der Waals surface area contributed by atoms with Crippen molar-refractivity contribution in [2.75, 3.05) is 78.9 Å². The Kier molecular flexibility index (Phi) is 20.6. The molecule has 6 aromatic heterocycles. The Morgan fingerprint density at radius 1 is 0.405 bits per heavy atom. The number of aryl methyl sites for hydroxylation is 3. The number of aromatic nitrogens is 9. The molecule has 0 radical (unpaired) electrons. The second-order valence-electron chi connectivity index (χ2n) is 21.6. The first-order chi connectivity index (χ1) is 40.8. The number of hydrogen-bond acceptors (Lipinski definition) is 21. The SMILES string of the molecule is Cc1ncc(COC2CCN(C(C)c3nc4c(cc3F)OCCO4)CC2)cn1.Cc1ncc(COC2CCN([C@@H](C)c3nc4c(cc3F)OCCO4)CC2)cn1.Cc1ncc(COC2CCN([C@H](C)c3nc4c(cc3F)OCCO4)CC2)cn1. The molecule has 0 amide bonds. The molecule has 3 saturated heterocycles. The molecular weight excluding hydrogens is 1090 g/mol. The van der Waals surface area contributed by atoms with Crippen LogP contribution in [0.3, 0.4) is 0 Å². The van der Waals surface area contributed by atoms with Crippen molar-refractivity contribution >= 4 is 0 Å². The lowest BCUT2D eigenvalue weighted by molar-refractivity contribution is -0.0108. The fraction of sp³-hybridized carbons (Fsp3) is 0.550. The smallest absolute Gasteiger partial charge is 0.257 e. The van der Waals surface area contributed by atoms with Crippen LogP contribution in [0.4, 0.5) is 13.2 Å². The van der Waals surface area contributed by atoms with Gasteiger partial charge in [0.05, 0.1) is 73.3 Å². The first-order valence-corrected chi connectivity index (χ1v) is 29.1. The molecule has 21 nitrogen and oxygen atoms in total. The molecule has 24 heteroatoms. The molecule has 12 heterocycles. The first kappa shape index (κ1) is 60.2. The van der Waals surface area contributed by atoms with E-state index in [1.165, 1.54) is 18.2 Å². The third-order valence-electron chi connectivity index (χ3n) is 15.8. The number of hydrogen-bond donors (Lipinski definition) is 0. The third kappa shape index (κ3) is 15.9. The van der Waals surface area contributed by atoms with Crippen LogP contribution in [0.15, 0.2) is 55.4 Å². The van der Waals surface area contributed by atoms with Crippen molar-refractivity contribution in [3.05, 3.63) is 124 Å². The zero-order valence-electron chi connectivity index (χ0n) is 48.7. The van der Waals surface area contributed by atoms with E-state index < -0.39 is 0 Å². The van der Waals surface area contributed by atoms with Gasteiger partial charge in [-0.3, -0.25) is 14.7 Å². The lowest BCUT2D eigenvalue weighted by Gasteiger charge is -2.36. The summed E-state index contributed by atoms with van der Waals surface area (Å²) in [6, 6.07) is 3.73. The number of ether oxygens (including phenoxy) is 9. The standard InChI is InChI=1S/3C20H25FN4O3/c3*1-13(19-17(21)9-18-20(24-19)27-8-7-26-18)25-5-3-16(4-6-25)28-12-15-10-22-14(2)23-11-15/h3*9-11,13,16H,3-8,12H2,1-2H3/t2*13-;/m10./s1. The van der Waals surface area contributed by atoms with Crippen LogP contribution < -0.4 is 28.4 Å². The molecule has 0 aliphatic carbocycles. The van der Waals surface area contributed by atoms with Gasteiger partial charge in [-0.1, -0.05) is 0 Å². The van der Waals surface area contributed by atoms with Crippen LogP contribution in [0.5, 0.6) is 34.9 Å². The van der Waals surface area contributed by atoms with Crippen LogP contribution in [-0.2, 0) is 34.0 Å². The maximum atomic E-state index is 14.5. The van der Waals surface area contributed by atoms with Gasteiger partial charge in [-0.15, -0.1) is 0 Å². The van der Waals surface area contributed by atoms with Crippen LogP contribution in [0.2, 0.25) is 0 Å². The molecule has 3 fully saturated rings. The Morgan fingerprint density at radius 3 is 0.893 bits per heavy atom. The van der Waals surface area contributed by atoms with E-state index in [1.807, 2.05) is 41.5 Å². The monoisotopic (exact) mass is 1160 g/mol. The highest BCUT2D eigenvalue weighted by Gasteiger charge is 2.32. The highest BCUT2D eigenvalue weighted by atomic mass is 19.1. The summed E-state index contributed by atoms with van der Waals surface area (Å²) >= 11 is 0. The summed E-state index contributed by atoms with van der Waals surface area (Å²) in [6.07, 6.45) is 16.7. The second-order valence-corrected chi connectivity index (χ2v) is 21.6. The fourth-order valence-electron chi connectivity index (χ4n) is 10.7. The van der Waals surface area contributed by atoms with Gasteiger partial charge in [-0.05, 0) is 80.1 Å². The Bertz CT molecular complexity index is 2760. The number of fused-ring (bicyclic) bond motifs is 3. The summed E-state index contributed by atoms with van der Waals surface area (Å²) in [7, 11) is 0. The van der Waals surface area contributed by atoms with Crippen molar-refractivity contribution in [2.24, 2.45) is 0 Å². The molecule has 0 bridgehead atoms. The van der Waals surface area contributed by atoms with Crippen molar-refractivity contribution < 1.29 is 55.8 Å². The Hall–Kier alpha value is -6.96. The Morgan fingerprint density at radius 2 is 0.643 bits per heavy atom. The van der Waals surface area contributed by atoms with Crippen LogP contribution in [0.1, 0.15) is 129 Å². The number of piperidine rings is 3. The van der Waals surface area contributed by atoms with E-state index in [4.69, 9.17) is 42.6 Å². The van der Waals surface area contributed by atoms with Gasteiger partial charge < -0.3 is 42.6 Å². The van der Waals surface area contributed by atoms with E-state index in [2.05, 4.69) is 59.6 Å². The second kappa shape index (κ2) is 28.7. The topological polar surface area (TPSA) is 209 Å². The van der Waals surface area contributed by atoms with E-state index in [-0.39, 0.29) is 53.9 Å². The largest absolute Gasteiger partial charge is 0.484 e. The summed E-state index contributed by atoms with van der Waals surface area (Å²) in [5, 5.41) is 0. The molecule has 6 aliphatic rings. The molecule has 3 atom stereocenters. The molecule has 12 rings (SSSR count). The number of likely N-dealkylation sites (tertiary alicyclic amines) is 3. The minimum atomic E-state index is -0.352. The van der Waals surface area contributed by atoms with Crippen LogP contribution in [0, 0.1) is 38.2 Å². The summed E-state index contributed by atoms with van der Waals surface area (Å²) in [5.41, 5.74) is 4.14. The van der Waals surface area contributed by atoms with Crippen molar-refractivity contribution in [3.63, 3.8) is 0 Å². The van der Waals surface area contributed by atoms with E-state index in [0.29, 0.717) is 111 Å². The fourth-order valence-corrected chi connectivity index (χ4v) is 10.7. The minimum absolute atomic E-state index is 0.137. The van der Waals surface area contributed by atoms with Crippen molar-refractivity contribution in [2.45, 2.75) is 136 Å². The summed E-state index contributed by atoms with van der Waals surface area (Å²) in [4.78, 5) is 45.0. The molecule has 6 aliphatic heterocycles. The van der Waals surface area contributed by atoms with Crippen LogP contribution in [0.25, 0.3) is 0 Å². The van der Waals surface area contributed by atoms with Gasteiger partial charge in [-0.25, -0.2) is 58.0 Å². The summed E-state index contributed by atoms with van der Waals surface area (Å²) < 4.78 is 94.3. The van der Waals surface area contributed by atoms with Gasteiger partial charge in [0.15, 0.2) is 17.2 Å². The van der Waals surface area contributed by atoms with Gasteiger partial charge in [0.25, 0.3) is 17.6 Å². The maximum Gasteiger partial charge on any atom is 0.257 e. The molecule has 84 heavy (non-hydrogen) atoms. The van der Waals surface area contributed by atoms with E-state index in [9.17, 15) is 13.2 Å². The zero-order valence-corrected chi connectivity index (χ0v) is 48.7. The van der Waals surface area contributed by atoms with Gasteiger partial charge in [0, 0.05) is 111 Å². The van der Waals surface area contributed by atoms with Crippen molar-refractivity contribution in [3.8, 4) is 34.9 Å². The molecule has 450 valence electrons. The van der Waals surface area contributed by atoms with Crippen molar-refractivity contribution in [1.29, 1.82) is 0 Å². The number of rotatable bonds is 15. The average molecular weight is 1170 g/mol. The normalized spacial score (nSPS) is 18.8. The Balaban J connectivity index is 0.000000140. The molecule has 0 saturated carbocycles. The van der Waals surface area contributed by atoms with Crippen LogP contribution in [-0.4, -0.2) is 157 Å². The minimum Gasteiger partial charge on any atom is -0.484 e. The zero-order chi connectivity index (χ0) is 58.5. The highest BCUT2D eigenvalue weighted by Crippen LogP contribution is 2.37. The predicted octanol–water partition coefficient (Wildman–Crippen LogP) is 8.50. The van der Waals surface area contributed by atoms with Gasteiger partial charge >= 0.3 is 0 Å². The molecule has 1 unspecified atom stereocenters. The summed E-state index contributed by atoms with van der Waals surface area (Å²) in [6.45, 7) is 20.6. The van der Waals surface area contributed by atoms with Crippen molar-refractivity contribution in [1.82, 2.24) is 59.6 Å². The van der Waals surface area contributed by atoms with Gasteiger partial charge in [0.1, 0.15) is 74.6 Å². The molecule has 0 N–H and O–H groups in total. The van der Waals surface area contributed by atoms with E-state index in [1.54, 1.807) is 37.2 Å². The number of nitrogens with zero attached hydrogens (tertiary/aromatic N) is 12. The quantitative estimate of drug-likeness (QED) is 0.0944. The molecule has 0 spiro atoms. The highest BCUT2D eigenvalue weighted by molar-refractivity contribution is 5.39. The summed E-state index contributed by atoms with van der Waals surface area (Å²) in [5.74, 6) is 3.50. The molecule has 6 aromatic rings. The maximum absolute atomic E-state index is 14.5. The Labute approximate surface area is 488 Å². The molecule has 0 aromatic carbocycles. The average Bonchev–Trinajstić information content (AvgIpc) is 3.72. The third-order valence-corrected chi connectivity index (χ3v) is 15.8. The predicted molar refractivity (Wildman–Crippen MR) is 299 cm³/mol.